The van der Waals surface area contributed by atoms with Gasteiger partial charge in [-0.1, -0.05) is 38.1 Å². The highest BCUT2D eigenvalue weighted by atomic mass is 16.3. The van der Waals surface area contributed by atoms with E-state index in [0.29, 0.717) is 35.0 Å². The van der Waals surface area contributed by atoms with E-state index in [1.807, 2.05) is 76.2 Å². The molecule has 0 aromatic heterocycles. The number of hydrogen-bond donors (Lipinski definition) is 5. The fourth-order valence-corrected chi connectivity index (χ4v) is 10.5. The van der Waals surface area contributed by atoms with Crippen molar-refractivity contribution in [2.24, 2.45) is 0 Å². The molecule has 0 radical (unpaired) electrons. The Hall–Kier alpha value is -5.90. The second-order valence-electron chi connectivity index (χ2n) is 20.3. The summed E-state index contributed by atoms with van der Waals surface area (Å²) < 4.78 is 2.35. The number of hydrogen-bond acceptors (Lipinski definition) is 7. The van der Waals surface area contributed by atoms with Crippen LogP contribution < -0.4 is 30.7 Å². The van der Waals surface area contributed by atoms with Gasteiger partial charge in [-0.05, 0) is 153 Å². The summed E-state index contributed by atoms with van der Waals surface area (Å²) >= 11 is 0. The Kier molecular flexibility index (Phi) is 11.9. The second kappa shape index (κ2) is 16.6. The Bertz CT molecular complexity index is 2760. The van der Waals surface area contributed by atoms with Crippen LogP contribution in [0.3, 0.4) is 0 Å². The van der Waals surface area contributed by atoms with Crippen molar-refractivity contribution >= 4 is 45.8 Å². The fraction of sp³-hybridized carbons (Fsp3) is 0.444. The van der Waals surface area contributed by atoms with Crippen LogP contribution in [0.5, 0.6) is 11.5 Å². The van der Waals surface area contributed by atoms with Crippen LogP contribution in [-0.2, 0) is 38.1 Å². The number of phenolic OH excluding ortho intramolecular Hbond substituents is 2. The largest absolute Gasteiger partial charge is 0.507 e. The molecule has 4 aromatic rings. The van der Waals surface area contributed by atoms with Crippen LogP contribution in [0.4, 0.5) is 17.1 Å². The molecule has 0 fully saturated rings. The number of benzene rings is 4. The van der Waals surface area contributed by atoms with E-state index >= 15 is 0 Å². The minimum atomic E-state index is -0.373. The number of allylic oxidation sites excluding steroid dienone is 2. The average molecular weight is 868 g/mol. The number of aliphatic hydroxyl groups excluding tert-OH is 1. The molecule has 338 valence electrons. The third-order valence-corrected chi connectivity index (χ3v) is 14.7. The third-order valence-electron chi connectivity index (χ3n) is 14.7. The van der Waals surface area contributed by atoms with Crippen molar-refractivity contribution in [3.8, 4) is 11.5 Å². The van der Waals surface area contributed by atoms with Crippen LogP contribution >= 0.6 is 0 Å². The van der Waals surface area contributed by atoms with Crippen molar-refractivity contribution < 1.29 is 29.7 Å². The van der Waals surface area contributed by atoms with E-state index in [9.17, 15) is 29.7 Å². The molecule has 4 aromatic carbocycles. The Morgan fingerprint density at radius 1 is 0.688 bits per heavy atom. The van der Waals surface area contributed by atoms with Crippen molar-refractivity contribution in [3.05, 3.63) is 115 Å². The van der Waals surface area contributed by atoms with Gasteiger partial charge in [-0.3, -0.25) is 14.4 Å². The first-order valence-corrected chi connectivity index (χ1v) is 22.8. The van der Waals surface area contributed by atoms with Gasteiger partial charge in [0, 0.05) is 58.4 Å². The monoisotopic (exact) mass is 868 g/mol. The number of aromatic hydroxyl groups is 2. The summed E-state index contributed by atoms with van der Waals surface area (Å²) in [5.74, 6) is -0.544. The molecule has 7 rings (SSSR count). The highest BCUT2D eigenvalue weighted by Crippen LogP contribution is 2.51. The quantitative estimate of drug-likeness (QED) is 0.0951. The number of ketones is 1. The number of carbonyl (C=O) groups excluding carboxylic acids is 3. The van der Waals surface area contributed by atoms with Crippen LogP contribution in [0, 0.1) is 27.7 Å². The number of amides is 2. The second-order valence-corrected chi connectivity index (χ2v) is 20.3. The predicted molar refractivity (Wildman–Crippen MR) is 258 cm³/mol. The Morgan fingerprint density at radius 3 is 1.66 bits per heavy atom. The van der Waals surface area contributed by atoms with E-state index in [1.165, 1.54) is 0 Å². The van der Waals surface area contributed by atoms with Gasteiger partial charge in [0.05, 0.1) is 27.9 Å². The SMILES string of the molecule is Cc1cc(CCC(=O)Nc2cc3c(cc2C2=C(O)/C(=c4/cc5c(cc4NC(=O)CCc4cc(C)c(O)c(C)c4)=[N+](C(C)C)C(C)C5(C)C)C2=O)C(C)(C)C(C)N3C(C)C)cc(C)c1O. The van der Waals surface area contributed by atoms with E-state index in [1.54, 1.807) is 0 Å². The molecule has 5 N–H and O–H groups in total. The molecule has 64 heavy (non-hydrogen) atoms. The summed E-state index contributed by atoms with van der Waals surface area (Å²) in [6, 6.07) is 16.0. The van der Waals surface area contributed by atoms with Crippen LogP contribution in [0.1, 0.15) is 132 Å². The molecular formula is C54H67N4O6+. The van der Waals surface area contributed by atoms with Gasteiger partial charge in [0.25, 0.3) is 0 Å². The first-order chi connectivity index (χ1) is 29.9. The lowest BCUT2D eigenvalue weighted by molar-refractivity contribution is -0.117. The van der Waals surface area contributed by atoms with Crippen LogP contribution in [0.15, 0.2) is 54.3 Å². The maximum atomic E-state index is 14.9. The van der Waals surface area contributed by atoms with E-state index < -0.39 is 0 Å². The minimum Gasteiger partial charge on any atom is -0.507 e. The molecule has 2 unspecified atom stereocenters. The number of nitrogens with zero attached hydrogens (tertiary/aromatic N) is 2. The first-order valence-electron chi connectivity index (χ1n) is 22.8. The molecule has 3 aliphatic rings. The zero-order valence-electron chi connectivity index (χ0n) is 40.2. The molecule has 10 nitrogen and oxygen atoms in total. The van der Waals surface area contributed by atoms with Gasteiger partial charge in [-0.2, -0.15) is 0 Å². The summed E-state index contributed by atoms with van der Waals surface area (Å²) in [5, 5.41) is 40.6. The zero-order valence-corrected chi connectivity index (χ0v) is 40.2. The first kappa shape index (κ1) is 46.1. The molecule has 2 atom stereocenters. The van der Waals surface area contributed by atoms with E-state index in [0.717, 1.165) is 55.6 Å². The summed E-state index contributed by atoms with van der Waals surface area (Å²) in [6.07, 6.45) is 1.23. The minimum absolute atomic E-state index is 0.111. The molecule has 10 heteroatoms. The number of aliphatic hydroxyl groups is 1. The summed E-state index contributed by atoms with van der Waals surface area (Å²) in [6.45, 7) is 29.1. The van der Waals surface area contributed by atoms with Gasteiger partial charge >= 0.3 is 0 Å². The number of phenols is 2. The van der Waals surface area contributed by atoms with Crippen molar-refractivity contribution in [1.82, 2.24) is 4.58 Å². The van der Waals surface area contributed by atoms with Crippen molar-refractivity contribution in [1.29, 1.82) is 0 Å². The number of fused-ring (bicyclic) bond motifs is 2. The summed E-state index contributed by atoms with van der Waals surface area (Å²) in [7, 11) is 0. The highest BCUT2D eigenvalue weighted by molar-refractivity contribution is 6.52. The maximum absolute atomic E-state index is 14.9. The van der Waals surface area contributed by atoms with E-state index in [4.69, 9.17) is 0 Å². The number of aryl methyl sites for hydroxylation is 6. The van der Waals surface area contributed by atoms with Crippen molar-refractivity contribution in [2.75, 3.05) is 15.5 Å². The van der Waals surface area contributed by atoms with E-state index in [-0.39, 0.29) is 93.8 Å². The fourth-order valence-electron chi connectivity index (χ4n) is 10.5. The lowest BCUT2D eigenvalue weighted by Crippen LogP contribution is -2.42. The lowest BCUT2D eigenvalue weighted by Gasteiger charge is -2.34. The molecule has 0 bridgehead atoms. The summed E-state index contributed by atoms with van der Waals surface area (Å²) in [5.41, 5.74) is 8.82. The standard InChI is InChI=1S/C54H66N4O6/c1-27(2)57-33(9)53(11,12)39-23-37(41(25-43(39)57)55-45(59)17-15-35-19-29(5)49(61)30(6)20-35)47-51(63)48(52(47)64)38-24-40-44(58(28(3)4)34(10)54(40,13)14)26-42(38)56-46(60)18-16-36-21-31(7)50(62)32(8)22-36/h19-28,33-34H,15-18H2,1-14H3,(H4,55,56,59,60,61,62,63,64)/p+1. The Labute approximate surface area is 378 Å². The topological polar surface area (TPSA) is 142 Å². The third kappa shape index (κ3) is 7.77. The molecular weight excluding hydrogens is 801 g/mol. The van der Waals surface area contributed by atoms with Crippen LogP contribution in [0.2, 0.25) is 0 Å². The van der Waals surface area contributed by atoms with Gasteiger partial charge in [-0.25, -0.2) is 4.58 Å². The van der Waals surface area contributed by atoms with Crippen molar-refractivity contribution in [3.63, 3.8) is 0 Å². The summed E-state index contributed by atoms with van der Waals surface area (Å²) in [4.78, 5) is 45.0. The number of rotatable bonds is 11. The highest BCUT2D eigenvalue weighted by Gasteiger charge is 2.48. The van der Waals surface area contributed by atoms with Gasteiger partial charge in [0.2, 0.25) is 23.0 Å². The number of anilines is 3. The van der Waals surface area contributed by atoms with E-state index in [2.05, 4.69) is 89.3 Å². The number of carbonyl (C=O) groups is 3. The normalized spacial score (nSPS) is 19.3. The lowest BCUT2D eigenvalue weighted by atomic mass is 9.76. The molecule has 0 saturated heterocycles. The Morgan fingerprint density at radius 2 is 1.19 bits per heavy atom. The predicted octanol–water partition coefficient (Wildman–Crippen LogP) is 8.65. The van der Waals surface area contributed by atoms with Gasteiger partial charge < -0.3 is 30.9 Å². The molecule has 2 aliphatic heterocycles. The average Bonchev–Trinajstić information content (AvgIpc) is 3.53. The van der Waals surface area contributed by atoms with Crippen LogP contribution in [0.25, 0.3) is 11.1 Å². The maximum Gasteiger partial charge on any atom is 0.224 e. The molecule has 0 saturated carbocycles. The van der Waals surface area contributed by atoms with Gasteiger partial charge in [0.1, 0.15) is 23.3 Å². The van der Waals surface area contributed by atoms with Gasteiger partial charge in [-0.15, -0.1) is 0 Å². The molecule has 2 heterocycles. The van der Waals surface area contributed by atoms with Crippen molar-refractivity contribution in [2.45, 2.75) is 158 Å². The Balaban J connectivity index is 1.35. The number of Topliss-reactive ketones (excluding diaryl/α,β-unsaturated/α-hetero) is 1. The smallest absolute Gasteiger partial charge is 0.224 e. The molecule has 1 aliphatic carbocycles. The van der Waals surface area contributed by atoms with Crippen LogP contribution in [-0.4, -0.2) is 57.1 Å². The molecule has 2 amide bonds. The molecule has 0 spiro atoms. The number of nitrogens with one attached hydrogen (secondary N) is 2. The van der Waals surface area contributed by atoms with Gasteiger partial charge in [0.15, 0.2) is 6.04 Å². The zero-order chi connectivity index (χ0) is 47.1.